The van der Waals surface area contributed by atoms with E-state index < -0.39 is 0 Å². The van der Waals surface area contributed by atoms with Crippen LogP contribution in [-0.4, -0.2) is 40.7 Å². The minimum absolute atomic E-state index is 0.180. The lowest BCUT2D eigenvalue weighted by atomic mass is 9.99. The molecule has 0 radical (unpaired) electrons. The van der Waals surface area contributed by atoms with Gasteiger partial charge in [0.1, 0.15) is 0 Å². The van der Waals surface area contributed by atoms with Crippen molar-refractivity contribution in [2.75, 3.05) is 24.5 Å². The number of amides is 1. The van der Waals surface area contributed by atoms with E-state index in [1.165, 1.54) is 5.01 Å². The molecule has 1 fully saturated rings. The van der Waals surface area contributed by atoms with Gasteiger partial charge in [-0.15, -0.1) is 21.5 Å². The highest BCUT2D eigenvalue weighted by Crippen LogP contribution is 2.29. The monoisotopic (exact) mass is 317 g/mol. The first-order valence-electron chi connectivity index (χ1n) is 7.54. The number of carbonyl (C=O) groups excluding carboxylic acids is 1. The Morgan fingerprint density at radius 1 is 1.45 bits per heavy atom. The number of piperidine rings is 1. The van der Waals surface area contributed by atoms with Crippen LogP contribution >= 0.6 is 11.3 Å². The van der Waals surface area contributed by atoms with Gasteiger partial charge in [0, 0.05) is 37.1 Å². The lowest BCUT2D eigenvalue weighted by Gasteiger charge is -2.32. The van der Waals surface area contributed by atoms with Gasteiger partial charge in [0.2, 0.25) is 0 Å². The fourth-order valence-electron chi connectivity index (χ4n) is 2.69. The van der Waals surface area contributed by atoms with E-state index in [0.717, 1.165) is 31.7 Å². The molecule has 1 aliphatic rings. The predicted octanol–water partition coefficient (Wildman–Crippen LogP) is 2.07. The number of aromatic nitrogens is 3. The van der Waals surface area contributed by atoms with Crippen molar-refractivity contribution in [2.45, 2.75) is 25.7 Å². The van der Waals surface area contributed by atoms with Gasteiger partial charge in [-0.05, 0) is 31.9 Å². The summed E-state index contributed by atoms with van der Waals surface area (Å²) in [6, 6.07) is 3.61. The van der Waals surface area contributed by atoms with Gasteiger partial charge in [0.05, 0.1) is 5.01 Å². The number of hydrogen-bond acceptors (Lipinski definition) is 6. The van der Waals surface area contributed by atoms with E-state index in [-0.39, 0.29) is 5.91 Å². The van der Waals surface area contributed by atoms with E-state index in [1.54, 1.807) is 17.4 Å². The molecule has 0 spiro atoms. The van der Waals surface area contributed by atoms with Crippen LogP contribution in [0, 0.1) is 0 Å². The van der Waals surface area contributed by atoms with Crippen molar-refractivity contribution in [3.05, 3.63) is 34.4 Å². The molecule has 2 aromatic rings. The van der Waals surface area contributed by atoms with Gasteiger partial charge in [-0.25, -0.2) is 4.98 Å². The molecule has 0 unspecified atom stereocenters. The van der Waals surface area contributed by atoms with Crippen LogP contribution in [0.2, 0.25) is 0 Å². The van der Waals surface area contributed by atoms with Crippen LogP contribution in [0.25, 0.3) is 0 Å². The van der Waals surface area contributed by atoms with Gasteiger partial charge in [0.15, 0.2) is 11.5 Å². The van der Waals surface area contributed by atoms with Crippen molar-refractivity contribution >= 4 is 23.1 Å². The molecule has 3 heterocycles. The van der Waals surface area contributed by atoms with Crippen LogP contribution in [-0.2, 0) is 0 Å². The lowest BCUT2D eigenvalue weighted by Crippen LogP contribution is -2.35. The molecule has 0 aliphatic carbocycles. The van der Waals surface area contributed by atoms with E-state index in [0.29, 0.717) is 18.2 Å². The fourth-order valence-corrected chi connectivity index (χ4v) is 3.46. The number of carbonyl (C=O) groups is 1. The Morgan fingerprint density at radius 2 is 2.36 bits per heavy atom. The van der Waals surface area contributed by atoms with Crippen molar-refractivity contribution in [2.24, 2.45) is 0 Å². The van der Waals surface area contributed by atoms with E-state index in [1.807, 2.05) is 24.6 Å². The molecule has 1 amide bonds. The van der Waals surface area contributed by atoms with Crippen LogP contribution in [0.3, 0.4) is 0 Å². The molecule has 1 aliphatic heterocycles. The minimum Gasteiger partial charge on any atom is -0.354 e. The standard InChI is InChI=1S/C15H19N5OS/c1-2-16-14(21)12-5-6-13(19-18-12)20-8-3-4-11(10-20)15-17-7-9-22-15/h5-7,9,11H,2-4,8,10H2,1H3,(H,16,21)/t11-/m0/s1. The van der Waals surface area contributed by atoms with Gasteiger partial charge in [0.25, 0.3) is 5.91 Å². The van der Waals surface area contributed by atoms with Crippen LogP contribution in [0.5, 0.6) is 0 Å². The molecule has 0 aromatic carbocycles. The van der Waals surface area contributed by atoms with Gasteiger partial charge < -0.3 is 10.2 Å². The number of nitrogens with one attached hydrogen (secondary N) is 1. The summed E-state index contributed by atoms with van der Waals surface area (Å²) in [5, 5.41) is 14.2. The number of anilines is 1. The summed E-state index contributed by atoms with van der Waals surface area (Å²) in [6.45, 7) is 4.34. The topological polar surface area (TPSA) is 71.0 Å². The first-order chi connectivity index (χ1) is 10.8. The second-order valence-corrected chi connectivity index (χ2v) is 6.22. The summed E-state index contributed by atoms with van der Waals surface area (Å²) < 4.78 is 0. The summed E-state index contributed by atoms with van der Waals surface area (Å²) >= 11 is 1.71. The maximum Gasteiger partial charge on any atom is 0.271 e. The highest BCUT2D eigenvalue weighted by Gasteiger charge is 2.24. The first-order valence-corrected chi connectivity index (χ1v) is 8.42. The Labute approximate surface area is 133 Å². The average molecular weight is 317 g/mol. The highest BCUT2D eigenvalue weighted by atomic mass is 32.1. The van der Waals surface area contributed by atoms with Crippen molar-refractivity contribution in [1.82, 2.24) is 20.5 Å². The minimum atomic E-state index is -0.180. The summed E-state index contributed by atoms with van der Waals surface area (Å²) in [7, 11) is 0. The Morgan fingerprint density at radius 3 is 3.05 bits per heavy atom. The third-order valence-corrected chi connectivity index (χ3v) is 4.70. The largest absolute Gasteiger partial charge is 0.354 e. The van der Waals surface area contributed by atoms with Crippen LogP contribution < -0.4 is 10.2 Å². The normalized spacial score (nSPS) is 18.2. The predicted molar refractivity (Wildman–Crippen MR) is 86.3 cm³/mol. The zero-order chi connectivity index (χ0) is 15.4. The quantitative estimate of drug-likeness (QED) is 0.934. The van der Waals surface area contributed by atoms with Crippen molar-refractivity contribution in [1.29, 1.82) is 0 Å². The molecule has 6 nitrogen and oxygen atoms in total. The Hall–Kier alpha value is -2.02. The van der Waals surface area contributed by atoms with Crippen molar-refractivity contribution in [3.63, 3.8) is 0 Å². The van der Waals surface area contributed by atoms with Gasteiger partial charge in [-0.2, -0.15) is 0 Å². The number of thiazole rings is 1. The Balaban J connectivity index is 1.69. The number of hydrogen-bond donors (Lipinski definition) is 1. The molecule has 0 bridgehead atoms. The maximum atomic E-state index is 11.7. The summed E-state index contributed by atoms with van der Waals surface area (Å²) in [5.74, 6) is 1.11. The number of rotatable bonds is 4. The van der Waals surface area contributed by atoms with E-state index in [2.05, 4.69) is 25.4 Å². The molecule has 1 saturated heterocycles. The molecule has 2 aromatic heterocycles. The zero-order valence-electron chi connectivity index (χ0n) is 12.5. The van der Waals surface area contributed by atoms with Crippen LogP contribution in [0.15, 0.2) is 23.7 Å². The average Bonchev–Trinajstić information content (AvgIpc) is 3.10. The van der Waals surface area contributed by atoms with E-state index in [4.69, 9.17) is 0 Å². The number of nitrogens with zero attached hydrogens (tertiary/aromatic N) is 4. The van der Waals surface area contributed by atoms with Gasteiger partial charge in [-0.3, -0.25) is 4.79 Å². The summed E-state index contributed by atoms with van der Waals surface area (Å²) in [6.07, 6.45) is 4.14. The molecular weight excluding hydrogens is 298 g/mol. The Kier molecular flexibility index (Phi) is 4.62. The summed E-state index contributed by atoms with van der Waals surface area (Å²) in [5.41, 5.74) is 0.360. The molecule has 1 atom stereocenters. The van der Waals surface area contributed by atoms with Crippen LogP contribution in [0.4, 0.5) is 5.82 Å². The molecule has 22 heavy (non-hydrogen) atoms. The molecule has 116 valence electrons. The molecule has 3 rings (SSSR count). The fraction of sp³-hybridized carbons (Fsp3) is 0.467. The first kappa shape index (κ1) is 14.9. The second kappa shape index (κ2) is 6.83. The smallest absolute Gasteiger partial charge is 0.271 e. The zero-order valence-corrected chi connectivity index (χ0v) is 13.3. The maximum absolute atomic E-state index is 11.7. The third-order valence-electron chi connectivity index (χ3n) is 3.77. The van der Waals surface area contributed by atoms with E-state index in [9.17, 15) is 4.79 Å². The van der Waals surface area contributed by atoms with Crippen molar-refractivity contribution < 1.29 is 4.79 Å². The molecule has 7 heteroatoms. The van der Waals surface area contributed by atoms with Gasteiger partial charge >= 0.3 is 0 Å². The molecular formula is C15H19N5OS. The third kappa shape index (κ3) is 3.24. The summed E-state index contributed by atoms with van der Waals surface area (Å²) in [4.78, 5) is 18.4. The van der Waals surface area contributed by atoms with E-state index >= 15 is 0 Å². The highest BCUT2D eigenvalue weighted by molar-refractivity contribution is 7.09. The SMILES string of the molecule is CCNC(=O)c1ccc(N2CCC[C@H](c3nccs3)C2)nn1. The second-order valence-electron chi connectivity index (χ2n) is 5.29. The molecule has 0 saturated carbocycles. The lowest BCUT2D eigenvalue weighted by molar-refractivity contribution is 0.0950. The Bertz CT molecular complexity index is 613. The van der Waals surface area contributed by atoms with Gasteiger partial charge in [-0.1, -0.05) is 0 Å². The van der Waals surface area contributed by atoms with Crippen LogP contribution in [0.1, 0.15) is 41.2 Å². The van der Waals surface area contributed by atoms with Crippen molar-refractivity contribution in [3.8, 4) is 0 Å². The molecule has 1 N–H and O–H groups in total.